The Balaban J connectivity index is 2.25. The molecule has 0 radical (unpaired) electrons. The van der Waals surface area contributed by atoms with Gasteiger partial charge in [0.1, 0.15) is 10.4 Å². The minimum atomic E-state index is -3.66. The van der Waals surface area contributed by atoms with Gasteiger partial charge in [-0.05, 0) is 6.07 Å². The molecule has 2 heterocycles. The van der Waals surface area contributed by atoms with Gasteiger partial charge in [0.2, 0.25) is 5.13 Å². The predicted octanol–water partition coefficient (Wildman–Crippen LogP) is 0.159. The summed E-state index contributed by atoms with van der Waals surface area (Å²) in [7, 11) is -3.66. The highest BCUT2D eigenvalue weighted by Crippen LogP contribution is 2.17. The van der Waals surface area contributed by atoms with Crippen LogP contribution in [-0.4, -0.2) is 28.7 Å². The molecule has 0 saturated carbocycles. The maximum atomic E-state index is 11.8. The molecule has 0 aromatic carbocycles. The fourth-order valence-corrected chi connectivity index (χ4v) is 2.77. The number of hydrogen-bond donors (Lipinski definition) is 3. The molecule has 0 unspecified atom stereocenters. The molecule has 0 bridgehead atoms. The maximum Gasteiger partial charge on any atom is 0.265 e. The van der Waals surface area contributed by atoms with Crippen LogP contribution in [0, 0.1) is 0 Å². The summed E-state index contributed by atoms with van der Waals surface area (Å²) in [5.41, 5.74) is 1.85. The molecule has 3 N–H and O–H groups in total. The summed E-state index contributed by atoms with van der Waals surface area (Å²) in [5.74, 6) is 0. The van der Waals surface area contributed by atoms with Crippen molar-refractivity contribution < 1.29 is 13.5 Å². The van der Waals surface area contributed by atoms with Gasteiger partial charge in [0.25, 0.3) is 10.0 Å². The second-order valence-corrected chi connectivity index (χ2v) is 5.38. The molecular formula is C7H8N4O3S2. The highest BCUT2D eigenvalue weighted by molar-refractivity contribution is 7.93. The number of aromatic nitrogens is 3. The fourth-order valence-electron chi connectivity index (χ4n) is 1.06. The highest BCUT2D eigenvalue weighted by Gasteiger charge is 2.17. The summed E-state index contributed by atoms with van der Waals surface area (Å²) in [5, 5.41) is 16.1. The molecule has 0 aliphatic heterocycles. The number of sulfonamides is 1. The lowest BCUT2D eigenvalue weighted by molar-refractivity contribution is 0.277. The van der Waals surface area contributed by atoms with Crippen LogP contribution >= 0.6 is 11.3 Å². The summed E-state index contributed by atoms with van der Waals surface area (Å²) < 4.78 is 25.8. The van der Waals surface area contributed by atoms with Crippen LogP contribution in [-0.2, 0) is 16.6 Å². The van der Waals surface area contributed by atoms with E-state index in [0.29, 0.717) is 5.69 Å². The van der Waals surface area contributed by atoms with Crippen LogP contribution in [0.1, 0.15) is 5.69 Å². The molecule has 86 valence electrons. The molecule has 0 saturated heterocycles. The summed E-state index contributed by atoms with van der Waals surface area (Å²) in [4.78, 5) is 2.69. The summed E-state index contributed by atoms with van der Waals surface area (Å²) >= 11 is 1.08. The first-order chi connectivity index (χ1) is 7.62. The number of aliphatic hydroxyl groups excluding tert-OH is 1. The maximum absolute atomic E-state index is 11.8. The minimum absolute atomic E-state index is 0.0479. The van der Waals surface area contributed by atoms with Crippen molar-refractivity contribution in [1.29, 1.82) is 0 Å². The van der Waals surface area contributed by atoms with Gasteiger partial charge >= 0.3 is 0 Å². The van der Waals surface area contributed by atoms with Crippen LogP contribution in [0.3, 0.4) is 0 Å². The van der Waals surface area contributed by atoms with E-state index in [0.717, 1.165) is 11.3 Å². The van der Waals surface area contributed by atoms with Crippen molar-refractivity contribution in [3.05, 3.63) is 23.5 Å². The van der Waals surface area contributed by atoms with Crippen molar-refractivity contribution in [3.8, 4) is 0 Å². The molecule has 0 amide bonds. The molecule has 16 heavy (non-hydrogen) atoms. The van der Waals surface area contributed by atoms with Crippen molar-refractivity contribution in [2.45, 2.75) is 11.5 Å². The zero-order valence-electron chi connectivity index (χ0n) is 7.91. The van der Waals surface area contributed by atoms with Crippen molar-refractivity contribution >= 4 is 26.5 Å². The zero-order valence-corrected chi connectivity index (χ0v) is 9.55. The third kappa shape index (κ3) is 2.21. The fraction of sp³-hybridized carbons (Fsp3) is 0.143. The Morgan fingerprint density at radius 1 is 1.56 bits per heavy atom. The number of anilines is 1. The van der Waals surface area contributed by atoms with Gasteiger partial charge in [0.15, 0.2) is 0 Å². The van der Waals surface area contributed by atoms with Crippen LogP contribution in [0.4, 0.5) is 5.13 Å². The first-order valence-electron chi connectivity index (χ1n) is 4.19. The number of H-pyrrole nitrogens is 1. The molecule has 0 aliphatic rings. The molecule has 2 aromatic heterocycles. The second-order valence-electron chi connectivity index (χ2n) is 2.87. The topological polar surface area (TPSA) is 108 Å². The molecule has 0 spiro atoms. The van der Waals surface area contributed by atoms with E-state index >= 15 is 0 Å². The number of nitrogens with one attached hydrogen (secondary N) is 2. The zero-order chi connectivity index (χ0) is 11.6. The Bertz CT molecular complexity index is 560. The Hall–Kier alpha value is -1.45. The second kappa shape index (κ2) is 4.20. The van der Waals surface area contributed by atoms with E-state index in [-0.39, 0.29) is 16.6 Å². The van der Waals surface area contributed by atoms with E-state index in [1.807, 2.05) is 0 Å². The van der Waals surface area contributed by atoms with Crippen molar-refractivity contribution in [3.63, 3.8) is 0 Å². The summed E-state index contributed by atoms with van der Waals surface area (Å²) in [6, 6.07) is 1.35. The molecule has 7 nitrogen and oxygen atoms in total. The van der Waals surface area contributed by atoms with Crippen LogP contribution in [0.2, 0.25) is 0 Å². The molecule has 0 aliphatic carbocycles. The van der Waals surface area contributed by atoms with Gasteiger partial charge in [0.05, 0.1) is 6.61 Å². The van der Waals surface area contributed by atoms with Crippen LogP contribution in [0.25, 0.3) is 0 Å². The first-order valence-corrected chi connectivity index (χ1v) is 6.55. The van der Waals surface area contributed by atoms with E-state index in [4.69, 9.17) is 5.11 Å². The quantitative estimate of drug-likeness (QED) is 0.725. The predicted molar refractivity (Wildman–Crippen MR) is 57.4 cm³/mol. The number of aromatic amines is 1. The standard InChI is InChI=1S/C7H8N4O3S2/c12-3-5-1-6(2-8-5)16(13,14)11-7-10-9-4-15-7/h1-2,4,8,12H,3H2,(H,10,11). The van der Waals surface area contributed by atoms with Crippen LogP contribution in [0.5, 0.6) is 0 Å². The van der Waals surface area contributed by atoms with E-state index in [2.05, 4.69) is 19.9 Å². The molecule has 0 atom stereocenters. The Labute approximate surface area is 95.2 Å². The van der Waals surface area contributed by atoms with Gasteiger partial charge in [-0.25, -0.2) is 8.42 Å². The van der Waals surface area contributed by atoms with Gasteiger partial charge in [-0.15, -0.1) is 10.2 Å². The first kappa shape index (κ1) is 11.0. The third-order valence-electron chi connectivity index (χ3n) is 1.78. The van der Waals surface area contributed by atoms with Crippen LogP contribution < -0.4 is 4.72 Å². The average Bonchev–Trinajstić information content (AvgIpc) is 2.85. The third-order valence-corrected chi connectivity index (χ3v) is 3.83. The number of aliphatic hydroxyl groups is 1. The summed E-state index contributed by atoms with van der Waals surface area (Å²) in [6.07, 6.45) is 1.30. The molecule has 2 aromatic rings. The lowest BCUT2D eigenvalue weighted by Crippen LogP contribution is -2.11. The normalized spacial score (nSPS) is 11.6. The van der Waals surface area contributed by atoms with Crippen molar-refractivity contribution in [2.75, 3.05) is 4.72 Å². The number of hydrogen-bond acceptors (Lipinski definition) is 6. The Kier molecular flexibility index (Phi) is 2.90. The van der Waals surface area contributed by atoms with E-state index < -0.39 is 10.0 Å². The summed E-state index contributed by atoms with van der Waals surface area (Å²) in [6.45, 7) is -0.242. The van der Waals surface area contributed by atoms with E-state index in [1.54, 1.807) is 0 Å². The van der Waals surface area contributed by atoms with E-state index in [1.165, 1.54) is 17.8 Å². The van der Waals surface area contributed by atoms with Gasteiger partial charge in [0, 0.05) is 11.9 Å². The average molecular weight is 260 g/mol. The molecular weight excluding hydrogens is 252 g/mol. The Morgan fingerprint density at radius 2 is 2.38 bits per heavy atom. The highest BCUT2D eigenvalue weighted by atomic mass is 32.2. The minimum Gasteiger partial charge on any atom is -0.390 e. The molecule has 2 rings (SSSR count). The molecule has 0 fully saturated rings. The van der Waals surface area contributed by atoms with Gasteiger partial charge in [-0.1, -0.05) is 11.3 Å². The SMILES string of the molecule is O=S(=O)(Nc1nncs1)c1c[nH]c(CO)c1. The van der Waals surface area contributed by atoms with Gasteiger partial charge < -0.3 is 10.1 Å². The monoisotopic (exact) mass is 260 g/mol. The van der Waals surface area contributed by atoms with Gasteiger partial charge in [-0.2, -0.15) is 0 Å². The lowest BCUT2D eigenvalue weighted by Gasteiger charge is -2.00. The Morgan fingerprint density at radius 3 is 2.94 bits per heavy atom. The number of rotatable bonds is 4. The van der Waals surface area contributed by atoms with Crippen molar-refractivity contribution in [1.82, 2.24) is 15.2 Å². The van der Waals surface area contributed by atoms with Crippen LogP contribution in [0.15, 0.2) is 22.7 Å². The lowest BCUT2D eigenvalue weighted by atomic mass is 10.5. The van der Waals surface area contributed by atoms with Gasteiger partial charge in [-0.3, -0.25) is 4.72 Å². The molecule has 9 heteroatoms. The number of nitrogens with zero attached hydrogens (tertiary/aromatic N) is 2. The largest absolute Gasteiger partial charge is 0.390 e. The smallest absolute Gasteiger partial charge is 0.265 e. The van der Waals surface area contributed by atoms with E-state index in [9.17, 15) is 8.42 Å². The van der Waals surface area contributed by atoms with Crippen molar-refractivity contribution in [2.24, 2.45) is 0 Å².